The normalized spacial score (nSPS) is 10.4. The van der Waals surface area contributed by atoms with Crippen molar-refractivity contribution >= 4 is 40.6 Å². The van der Waals surface area contributed by atoms with E-state index in [1.54, 1.807) is 25.2 Å². The van der Waals surface area contributed by atoms with Gasteiger partial charge in [-0.05, 0) is 18.2 Å². The predicted molar refractivity (Wildman–Crippen MR) is 72.0 cm³/mol. The first kappa shape index (κ1) is 12.7. The van der Waals surface area contributed by atoms with Crippen molar-refractivity contribution < 1.29 is 4.79 Å². The minimum atomic E-state index is -0.371. The molecule has 0 unspecified atom stereocenters. The smallest absolute Gasteiger partial charge is 0.261 e. The van der Waals surface area contributed by atoms with Crippen molar-refractivity contribution in [1.29, 1.82) is 0 Å². The van der Waals surface area contributed by atoms with Crippen LogP contribution in [0.2, 0.25) is 10.0 Å². The molecule has 0 saturated heterocycles. The van der Waals surface area contributed by atoms with Crippen LogP contribution in [0.1, 0.15) is 10.4 Å². The number of nitrogens with two attached hydrogens (primary N) is 1. The van der Waals surface area contributed by atoms with E-state index in [9.17, 15) is 4.79 Å². The lowest BCUT2D eigenvalue weighted by Gasteiger charge is -2.07. The van der Waals surface area contributed by atoms with Gasteiger partial charge in [-0.15, -0.1) is 0 Å². The quantitative estimate of drug-likeness (QED) is 0.890. The van der Waals surface area contributed by atoms with Gasteiger partial charge in [-0.3, -0.25) is 9.48 Å². The molecule has 0 fully saturated rings. The second-order valence-electron chi connectivity index (χ2n) is 3.65. The highest BCUT2D eigenvalue weighted by molar-refractivity contribution is 6.36. The van der Waals surface area contributed by atoms with Gasteiger partial charge < -0.3 is 11.1 Å². The average Bonchev–Trinajstić information content (AvgIpc) is 2.64. The molecule has 0 saturated carbocycles. The lowest BCUT2D eigenvalue weighted by molar-refractivity contribution is 0.102. The third-order valence-electron chi connectivity index (χ3n) is 2.41. The molecule has 1 amide bonds. The Kier molecular flexibility index (Phi) is 3.45. The van der Waals surface area contributed by atoms with E-state index in [2.05, 4.69) is 10.4 Å². The zero-order valence-electron chi connectivity index (χ0n) is 9.45. The summed E-state index contributed by atoms with van der Waals surface area (Å²) in [5.41, 5.74) is 6.47. The van der Waals surface area contributed by atoms with E-state index in [-0.39, 0.29) is 11.7 Å². The number of anilines is 2. The van der Waals surface area contributed by atoms with Crippen LogP contribution < -0.4 is 11.1 Å². The van der Waals surface area contributed by atoms with Gasteiger partial charge >= 0.3 is 0 Å². The minimum Gasteiger partial charge on any atom is -0.383 e. The maximum atomic E-state index is 11.9. The van der Waals surface area contributed by atoms with Crippen molar-refractivity contribution in [2.24, 2.45) is 7.05 Å². The minimum absolute atomic E-state index is 0.289. The van der Waals surface area contributed by atoms with Crippen LogP contribution >= 0.6 is 23.2 Å². The summed E-state index contributed by atoms with van der Waals surface area (Å²) in [6.07, 6.45) is 1.40. The molecule has 3 N–H and O–H groups in total. The van der Waals surface area contributed by atoms with Crippen LogP contribution in [0.4, 0.5) is 11.5 Å². The molecule has 0 aliphatic heterocycles. The van der Waals surface area contributed by atoms with Gasteiger partial charge in [-0.25, -0.2) is 0 Å². The van der Waals surface area contributed by atoms with E-state index in [1.807, 2.05) is 0 Å². The number of nitrogen functional groups attached to an aromatic ring is 1. The van der Waals surface area contributed by atoms with E-state index in [1.165, 1.54) is 10.9 Å². The molecular formula is C11H10Cl2N4O. The molecule has 2 rings (SSSR count). The Labute approximate surface area is 113 Å². The number of hydrogen-bond acceptors (Lipinski definition) is 3. The molecule has 2 aromatic rings. The molecule has 0 bridgehead atoms. The van der Waals surface area contributed by atoms with Gasteiger partial charge in [0.1, 0.15) is 11.4 Å². The standard InChI is InChI=1S/C11H10Cl2N4O/c1-17-10(14)7(5-15-17)11(18)16-9-3-2-6(12)4-8(9)13/h2-5H,14H2,1H3,(H,16,18). The summed E-state index contributed by atoms with van der Waals surface area (Å²) in [6, 6.07) is 4.80. The number of nitrogens with zero attached hydrogens (tertiary/aromatic N) is 2. The number of aryl methyl sites for hydroxylation is 1. The van der Waals surface area contributed by atoms with Crippen molar-refractivity contribution in [2.75, 3.05) is 11.1 Å². The summed E-state index contributed by atoms with van der Waals surface area (Å²) in [4.78, 5) is 11.9. The van der Waals surface area contributed by atoms with Crippen LogP contribution in [-0.4, -0.2) is 15.7 Å². The maximum Gasteiger partial charge on any atom is 0.261 e. The van der Waals surface area contributed by atoms with Gasteiger partial charge in [0.05, 0.1) is 16.9 Å². The van der Waals surface area contributed by atoms with E-state index < -0.39 is 0 Å². The fourth-order valence-electron chi connectivity index (χ4n) is 1.40. The van der Waals surface area contributed by atoms with Gasteiger partial charge in [0.25, 0.3) is 5.91 Å². The number of carbonyl (C=O) groups is 1. The first-order valence-corrected chi connectivity index (χ1v) is 5.78. The third-order valence-corrected chi connectivity index (χ3v) is 2.96. The van der Waals surface area contributed by atoms with Crippen LogP contribution in [0.5, 0.6) is 0 Å². The number of amides is 1. The molecule has 18 heavy (non-hydrogen) atoms. The Balaban J connectivity index is 2.24. The van der Waals surface area contributed by atoms with Gasteiger partial charge in [0.15, 0.2) is 0 Å². The summed E-state index contributed by atoms with van der Waals surface area (Å²) in [5, 5.41) is 7.40. The fourth-order valence-corrected chi connectivity index (χ4v) is 1.86. The monoisotopic (exact) mass is 284 g/mol. The van der Waals surface area contributed by atoms with E-state index in [4.69, 9.17) is 28.9 Å². The topological polar surface area (TPSA) is 72.9 Å². The van der Waals surface area contributed by atoms with Crippen molar-refractivity contribution in [1.82, 2.24) is 9.78 Å². The summed E-state index contributed by atoms with van der Waals surface area (Å²) < 4.78 is 1.42. The second kappa shape index (κ2) is 4.88. The number of aromatic nitrogens is 2. The van der Waals surface area contributed by atoms with Crippen molar-refractivity contribution in [3.05, 3.63) is 40.0 Å². The summed E-state index contributed by atoms with van der Waals surface area (Å²) in [6.45, 7) is 0. The summed E-state index contributed by atoms with van der Waals surface area (Å²) in [7, 11) is 1.65. The lowest BCUT2D eigenvalue weighted by atomic mass is 10.2. The predicted octanol–water partition coefficient (Wildman–Crippen LogP) is 2.56. The fraction of sp³-hybridized carbons (Fsp3) is 0.0909. The van der Waals surface area contributed by atoms with E-state index in [0.717, 1.165) is 0 Å². The van der Waals surface area contributed by atoms with Crippen LogP contribution in [0.3, 0.4) is 0 Å². The Morgan fingerprint density at radius 3 is 2.72 bits per heavy atom. The number of hydrogen-bond donors (Lipinski definition) is 2. The Morgan fingerprint density at radius 2 is 2.17 bits per heavy atom. The molecular weight excluding hydrogens is 275 g/mol. The molecule has 0 aliphatic rings. The molecule has 0 atom stereocenters. The Bertz CT molecular complexity index is 609. The first-order valence-electron chi connectivity index (χ1n) is 5.03. The molecule has 7 heteroatoms. The van der Waals surface area contributed by atoms with Crippen LogP contribution in [0.15, 0.2) is 24.4 Å². The zero-order chi connectivity index (χ0) is 13.3. The number of carbonyl (C=O) groups excluding carboxylic acids is 1. The summed E-state index contributed by atoms with van der Waals surface area (Å²) in [5.74, 6) is -0.0811. The zero-order valence-corrected chi connectivity index (χ0v) is 11.0. The molecule has 0 spiro atoms. The highest BCUT2D eigenvalue weighted by Gasteiger charge is 2.14. The van der Waals surface area contributed by atoms with Gasteiger partial charge in [0.2, 0.25) is 0 Å². The van der Waals surface area contributed by atoms with Crippen LogP contribution in [0.25, 0.3) is 0 Å². The molecule has 94 valence electrons. The molecule has 1 aromatic carbocycles. The SMILES string of the molecule is Cn1ncc(C(=O)Nc2ccc(Cl)cc2Cl)c1N. The molecule has 0 radical (unpaired) electrons. The lowest BCUT2D eigenvalue weighted by Crippen LogP contribution is -2.14. The molecule has 5 nitrogen and oxygen atoms in total. The number of rotatable bonds is 2. The van der Waals surface area contributed by atoms with Crippen molar-refractivity contribution in [3.63, 3.8) is 0 Å². The van der Waals surface area contributed by atoms with Crippen LogP contribution in [-0.2, 0) is 7.05 Å². The number of halogens is 2. The molecule has 1 aromatic heterocycles. The highest BCUT2D eigenvalue weighted by atomic mass is 35.5. The largest absolute Gasteiger partial charge is 0.383 e. The number of benzene rings is 1. The number of nitrogens with one attached hydrogen (secondary N) is 1. The average molecular weight is 285 g/mol. The third kappa shape index (κ3) is 2.42. The molecule has 0 aliphatic carbocycles. The van der Waals surface area contributed by atoms with Crippen molar-refractivity contribution in [3.8, 4) is 0 Å². The van der Waals surface area contributed by atoms with E-state index in [0.29, 0.717) is 21.3 Å². The summed E-state index contributed by atoms with van der Waals surface area (Å²) >= 11 is 11.7. The first-order chi connectivity index (χ1) is 8.49. The Morgan fingerprint density at radius 1 is 1.44 bits per heavy atom. The van der Waals surface area contributed by atoms with Crippen molar-refractivity contribution in [2.45, 2.75) is 0 Å². The maximum absolute atomic E-state index is 11.9. The van der Waals surface area contributed by atoms with Gasteiger partial charge in [0, 0.05) is 12.1 Å². The molecule has 1 heterocycles. The van der Waals surface area contributed by atoms with E-state index >= 15 is 0 Å². The highest BCUT2D eigenvalue weighted by Crippen LogP contribution is 2.26. The van der Waals surface area contributed by atoms with Crippen LogP contribution in [0, 0.1) is 0 Å². The van der Waals surface area contributed by atoms with Gasteiger partial charge in [-0.2, -0.15) is 5.10 Å². The Hall–Kier alpha value is -1.72. The van der Waals surface area contributed by atoms with Gasteiger partial charge in [-0.1, -0.05) is 23.2 Å². The second-order valence-corrected chi connectivity index (χ2v) is 4.49.